The van der Waals surface area contributed by atoms with E-state index in [1.807, 2.05) is 27.8 Å². The van der Waals surface area contributed by atoms with Gasteiger partial charge < -0.3 is 9.80 Å². The zero-order valence-electron chi connectivity index (χ0n) is 13.9. The number of likely N-dealkylation sites (tertiary alicyclic amines) is 1. The van der Waals surface area contributed by atoms with E-state index in [-0.39, 0.29) is 5.91 Å². The van der Waals surface area contributed by atoms with E-state index in [9.17, 15) is 4.79 Å². The Labute approximate surface area is 146 Å². The molecule has 4 rings (SSSR count). The predicted octanol–water partition coefficient (Wildman–Crippen LogP) is 2.95. The Bertz CT molecular complexity index is 697. The highest BCUT2D eigenvalue weighted by atomic mass is 32.1. The van der Waals surface area contributed by atoms with Crippen molar-refractivity contribution in [2.75, 3.05) is 31.1 Å². The number of nitrogens with zero attached hydrogens (tertiary/aromatic N) is 5. The van der Waals surface area contributed by atoms with Crippen LogP contribution in [-0.2, 0) is 0 Å². The lowest BCUT2D eigenvalue weighted by Crippen LogP contribution is -2.36. The molecule has 0 saturated carbocycles. The van der Waals surface area contributed by atoms with Crippen molar-refractivity contribution < 1.29 is 4.79 Å². The molecule has 0 aromatic carbocycles. The summed E-state index contributed by atoms with van der Waals surface area (Å²) in [7, 11) is 0. The molecule has 2 fully saturated rings. The Morgan fingerprint density at radius 3 is 2.33 bits per heavy atom. The third-order valence-corrected chi connectivity index (χ3v) is 5.83. The van der Waals surface area contributed by atoms with Crippen LogP contribution in [0.15, 0.2) is 18.3 Å². The second kappa shape index (κ2) is 6.93. The smallest absolute Gasteiger partial charge is 0.270 e. The van der Waals surface area contributed by atoms with Crippen LogP contribution in [0.4, 0.5) is 5.13 Å². The quantitative estimate of drug-likeness (QED) is 0.858. The summed E-state index contributed by atoms with van der Waals surface area (Å²) in [4.78, 5) is 17.1. The van der Waals surface area contributed by atoms with Gasteiger partial charge in [-0.25, -0.2) is 0 Å². The van der Waals surface area contributed by atoms with Crippen molar-refractivity contribution in [3.05, 3.63) is 24.0 Å². The molecule has 2 aliphatic rings. The normalized spacial score (nSPS) is 18.8. The highest BCUT2D eigenvalue weighted by Gasteiger charge is 2.23. The molecule has 6 nitrogen and oxygen atoms in total. The first-order valence-corrected chi connectivity index (χ1v) is 9.70. The van der Waals surface area contributed by atoms with Gasteiger partial charge in [0.1, 0.15) is 5.69 Å². The monoisotopic (exact) mass is 345 g/mol. The zero-order valence-corrected chi connectivity index (χ0v) is 14.7. The molecule has 7 heteroatoms. The van der Waals surface area contributed by atoms with Gasteiger partial charge in [-0.3, -0.25) is 9.36 Å². The summed E-state index contributed by atoms with van der Waals surface area (Å²) in [6, 6.07) is 3.80. The van der Waals surface area contributed by atoms with Gasteiger partial charge in [0.2, 0.25) is 10.3 Å². The molecule has 1 amide bonds. The fraction of sp³-hybridized carbons (Fsp3) is 0.588. The topological polar surface area (TPSA) is 54.3 Å². The van der Waals surface area contributed by atoms with Gasteiger partial charge in [0, 0.05) is 32.4 Å². The van der Waals surface area contributed by atoms with Crippen LogP contribution in [0.1, 0.15) is 49.0 Å². The van der Waals surface area contributed by atoms with Crippen molar-refractivity contribution in [1.82, 2.24) is 19.7 Å². The third-order valence-electron chi connectivity index (χ3n) is 4.85. The zero-order chi connectivity index (χ0) is 16.4. The van der Waals surface area contributed by atoms with Gasteiger partial charge in [-0.05, 0) is 50.7 Å². The van der Waals surface area contributed by atoms with Crippen LogP contribution in [0.2, 0.25) is 0 Å². The summed E-state index contributed by atoms with van der Waals surface area (Å²) < 4.78 is 1.89. The van der Waals surface area contributed by atoms with Crippen molar-refractivity contribution in [1.29, 1.82) is 0 Å². The molecule has 0 aliphatic carbocycles. The number of carbonyl (C=O) groups is 1. The lowest BCUT2D eigenvalue weighted by molar-refractivity contribution is 0.0716. The Kier molecular flexibility index (Phi) is 4.51. The summed E-state index contributed by atoms with van der Waals surface area (Å²) in [5, 5.41) is 10.4. The molecule has 0 bridgehead atoms. The predicted molar refractivity (Wildman–Crippen MR) is 95.1 cm³/mol. The molecule has 0 unspecified atom stereocenters. The molecule has 0 radical (unpaired) electrons. The van der Waals surface area contributed by atoms with Gasteiger partial charge in [-0.15, -0.1) is 10.2 Å². The first-order valence-electron chi connectivity index (χ1n) is 8.88. The Morgan fingerprint density at radius 1 is 0.917 bits per heavy atom. The number of carbonyl (C=O) groups excluding carboxylic acids is 1. The molecule has 0 spiro atoms. The molecule has 0 N–H and O–H groups in total. The summed E-state index contributed by atoms with van der Waals surface area (Å²) in [6.07, 6.45) is 9.08. The van der Waals surface area contributed by atoms with Gasteiger partial charge in [0.05, 0.1) is 0 Å². The summed E-state index contributed by atoms with van der Waals surface area (Å²) in [5.41, 5.74) is 0.693. The van der Waals surface area contributed by atoms with Crippen molar-refractivity contribution in [3.8, 4) is 5.13 Å². The molecule has 2 aromatic heterocycles. The number of hydrogen-bond donors (Lipinski definition) is 0. The first kappa shape index (κ1) is 15.6. The van der Waals surface area contributed by atoms with Gasteiger partial charge >= 0.3 is 0 Å². The molecule has 24 heavy (non-hydrogen) atoms. The lowest BCUT2D eigenvalue weighted by Gasteiger charge is -2.26. The minimum atomic E-state index is 0.106. The Hall–Kier alpha value is -1.89. The van der Waals surface area contributed by atoms with Crippen molar-refractivity contribution in [3.63, 3.8) is 0 Å². The lowest BCUT2D eigenvalue weighted by atomic mass is 10.1. The van der Waals surface area contributed by atoms with Crippen LogP contribution >= 0.6 is 11.3 Å². The maximum Gasteiger partial charge on any atom is 0.270 e. The third kappa shape index (κ3) is 3.05. The van der Waals surface area contributed by atoms with Gasteiger partial charge in [-0.1, -0.05) is 11.3 Å². The van der Waals surface area contributed by atoms with Crippen LogP contribution in [0.25, 0.3) is 5.13 Å². The number of piperidine rings is 2. The summed E-state index contributed by atoms with van der Waals surface area (Å²) in [5.74, 6) is 0.106. The van der Waals surface area contributed by atoms with Crippen LogP contribution in [-0.4, -0.2) is 51.8 Å². The van der Waals surface area contributed by atoms with Crippen LogP contribution in [0.5, 0.6) is 0 Å². The van der Waals surface area contributed by atoms with E-state index in [4.69, 9.17) is 0 Å². The number of hydrogen-bond acceptors (Lipinski definition) is 5. The van der Waals surface area contributed by atoms with Crippen molar-refractivity contribution in [2.24, 2.45) is 0 Å². The number of rotatable bonds is 3. The molecule has 0 atom stereocenters. The SMILES string of the molecule is O=C(c1cccn1-c1nnc(N2CCCCC2)s1)N1CCCCC1. The maximum atomic E-state index is 12.8. The van der Waals surface area contributed by atoms with Crippen LogP contribution < -0.4 is 4.90 Å². The minimum Gasteiger partial charge on any atom is -0.347 e. The van der Waals surface area contributed by atoms with Crippen molar-refractivity contribution >= 4 is 22.4 Å². The average molecular weight is 345 g/mol. The average Bonchev–Trinajstić information content (AvgIpc) is 3.32. The second-order valence-corrected chi connectivity index (χ2v) is 7.47. The molecule has 128 valence electrons. The second-order valence-electron chi connectivity index (χ2n) is 6.53. The minimum absolute atomic E-state index is 0.106. The van der Waals surface area contributed by atoms with E-state index in [2.05, 4.69) is 15.1 Å². The van der Waals surface area contributed by atoms with E-state index in [1.165, 1.54) is 25.7 Å². The van der Waals surface area contributed by atoms with Gasteiger partial charge in [0.25, 0.3) is 5.91 Å². The standard InChI is InChI=1S/C17H23N5OS/c23-15(20-9-3-1-4-10-20)14-8-7-13-22(14)17-19-18-16(24-17)21-11-5-2-6-12-21/h7-8,13H,1-6,9-12H2. The number of amides is 1. The van der Waals surface area contributed by atoms with Crippen LogP contribution in [0.3, 0.4) is 0 Å². The molecular formula is C17H23N5OS. The molecule has 4 heterocycles. The Balaban J connectivity index is 1.55. The Morgan fingerprint density at radius 2 is 1.58 bits per heavy atom. The highest BCUT2D eigenvalue weighted by Crippen LogP contribution is 2.27. The molecule has 2 saturated heterocycles. The van der Waals surface area contributed by atoms with E-state index >= 15 is 0 Å². The summed E-state index contributed by atoms with van der Waals surface area (Å²) in [6.45, 7) is 3.83. The van der Waals surface area contributed by atoms with Gasteiger partial charge in [-0.2, -0.15) is 0 Å². The largest absolute Gasteiger partial charge is 0.347 e. The fourth-order valence-electron chi connectivity index (χ4n) is 3.50. The molecular weight excluding hydrogens is 322 g/mol. The number of anilines is 1. The van der Waals surface area contributed by atoms with E-state index in [1.54, 1.807) is 11.3 Å². The molecule has 2 aliphatic heterocycles. The maximum absolute atomic E-state index is 12.8. The first-order chi connectivity index (χ1) is 11.8. The van der Waals surface area contributed by atoms with Crippen LogP contribution in [0, 0.1) is 0 Å². The summed E-state index contributed by atoms with van der Waals surface area (Å²) >= 11 is 1.57. The van der Waals surface area contributed by atoms with Crippen molar-refractivity contribution in [2.45, 2.75) is 38.5 Å². The van der Waals surface area contributed by atoms with E-state index < -0.39 is 0 Å². The highest BCUT2D eigenvalue weighted by molar-refractivity contribution is 7.17. The fourth-order valence-corrected chi connectivity index (χ4v) is 4.40. The number of aromatic nitrogens is 3. The van der Waals surface area contributed by atoms with E-state index in [0.717, 1.165) is 49.3 Å². The van der Waals surface area contributed by atoms with Gasteiger partial charge in [0.15, 0.2) is 0 Å². The van der Waals surface area contributed by atoms with E-state index in [0.29, 0.717) is 5.69 Å². The molecule has 2 aromatic rings.